The van der Waals surface area contributed by atoms with Gasteiger partial charge in [0.25, 0.3) is 0 Å². The van der Waals surface area contributed by atoms with E-state index in [4.69, 9.17) is 4.74 Å². The maximum Gasteiger partial charge on any atom is 0.338 e. The summed E-state index contributed by atoms with van der Waals surface area (Å²) < 4.78 is 6.03. The number of halogens is 2. The van der Waals surface area contributed by atoms with E-state index in [2.05, 4.69) is 40.3 Å². The molecule has 0 unspecified atom stereocenters. The second kappa shape index (κ2) is 8.81. The van der Waals surface area contributed by atoms with E-state index < -0.39 is 0 Å². The molecule has 118 valence electrons. The zero-order valence-electron chi connectivity index (χ0n) is 12.5. The number of esters is 1. The quantitative estimate of drug-likeness (QED) is 0.718. The van der Waals surface area contributed by atoms with Crippen LogP contribution in [0.2, 0.25) is 0 Å². The fraction of sp³-hybridized carbons (Fsp3) is 0.235. The van der Waals surface area contributed by atoms with Gasteiger partial charge in [-0.15, -0.1) is 12.4 Å². The second-order valence-electron chi connectivity index (χ2n) is 4.72. The summed E-state index contributed by atoms with van der Waals surface area (Å²) in [5, 5.41) is 3.41. The number of hydrogen-bond acceptors (Lipinski definition) is 3. The first kappa shape index (κ1) is 18.5. The van der Waals surface area contributed by atoms with Crippen LogP contribution in [-0.4, -0.2) is 12.6 Å². The average Bonchev–Trinajstić information content (AvgIpc) is 2.48. The summed E-state index contributed by atoms with van der Waals surface area (Å²) in [5.41, 5.74) is 2.73. The van der Waals surface area contributed by atoms with Crippen molar-refractivity contribution in [3.8, 4) is 0 Å². The van der Waals surface area contributed by atoms with Gasteiger partial charge in [0.15, 0.2) is 0 Å². The highest BCUT2D eigenvalue weighted by atomic mass is 79.9. The van der Waals surface area contributed by atoms with Crippen LogP contribution < -0.4 is 5.32 Å². The molecule has 0 amide bonds. The van der Waals surface area contributed by atoms with E-state index in [0.29, 0.717) is 12.2 Å². The van der Waals surface area contributed by atoms with Crippen molar-refractivity contribution in [1.29, 1.82) is 0 Å². The Morgan fingerprint density at radius 1 is 1.23 bits per heavy atom. The van der Waals surface area contributed by atoms with E-state index in [-0.39, 0.29) is 24.4 Å². The number of carbonyl (C=O) groups is 1. The van der Waals surface area contributed by atoms with Crippen LogP contribution in [0.5, 0.6) is 0 Å². The summed E-state index contributed by atoms with van der Waals surface area (Å²) in [5.74, 6) is -0.288. The molecule has 2 rings (SSSR count). The summed E-state index contributed by atoms with van der Waals surface area (Å²) in [7, 11) is 0. The van der Waals surface area contributed by atoms with Crippen molar-refractivity contribution in [2.45, 2.75) is 19.9 Å². The predicted molar refractivity (Wildman–Crippen MR) is 95.8 cm³/mol. The summed E-state index contributed by atoms with van der Waals surface area (Å²) >= 11 is 3.48. The van der Waals surface area contributed by atoms with Gasteiger partial charge in [0.1, 0.15) is 0 Å². The molecule has 0 aliphatic rings. The molecule has 0 saturated heterocycles. The highest BCUT2D eigenvalue weighted by Gasteiger charge is 2.08. The van der Waals surface area contributed by atoms with Crippen LogP contribution in [-0.2, 0) is 4.74 Å². The Labute approximate surface area is 145 Å². The lowest BCUT2D eigenvalue weighted by Gasteiger charge is -2.16. The minimum absolute atomic E-state index is 0. The van der Waals surface area contributed by atoms with E-state index in [1.165, 1.54) is 5.56 Å². The van der Waals surface area contributed by atoms with Crippen LogP contribution in [0.1, 0.15) is 35.8 Å². The van der Waals surface area contributed by atoms with Gasteiger partial charge in [0, 0.05) is 16.2 Å². The smallest absolute Gasteiger partial charge is 0.338 e. The molecule has 5 heteroatoms. The standard InChI is InChI=1S/C17H18BrNO2.ClH/c1-3-21-17(20)13-7-9-16(10-8-13)19-12(2)14-5-4-6-15(18)11-14;/h4-12,19H,3H2,1-2H3;1H/t12-;/m0./s1. The van der Waals surface area contributed by atoms with Gasteiger partial charge in [-0.1, -0.05) is 28.1 Å². The summed E-state index contributed by atoms with van der Waals surface area (Å²) in [6, 6.07) is 15.7. The van der Waals surface area contributed by atoms with Crippen LogP contribution >= 0.6 is 28.3 Å². The van der Waals surface area contributed by atoms with Crippen LogP contribution in [0.4, 0.5) is 5.69 Å². The number of hydrogen-bond donors (Lipinski definition) is 1. The molecule has 0 spiro atoms. The largest absolute Gasteiger partial charge is 0.462 e. The normalized spacial score (nSPS) is 11.2. The molecule has 2 aromatic carbocycles. The third-order valence-corrected chi connectivity index (χ3v) is 3.62. The third kappa shape index (κ3) is 5.04. The molecule has 3 nitrogen and oxygen atoms in total. The van der Waals surface area contributed by atoms with Crippen molar-refractivity contribution in [3.05, 3.63) is 64.1 Å². The van der Waals surface area contributed by atoms with Gasteiger partial charge in [0.2, 0.25) is 0 Å². The Kier molecular flexibility index (Phi) is 7.42. The molecule has 22 heavy (non-hydrogen) atoms. The lowest BCUT2D eigenvalue weighted by atomic mass is 10.1. The molecule has 1 N–H and O–H groups in total. The van der Waals surface area contributed by atoms with Crippen LogP contribution in [0.25, 0.3) is 0 Å². The SMILES string of the molecule is CCOC(=O)c1ccc(N[C@@H](C)c2cccc(Br)c2)cc1.Cl. The van der Waals surface area contributed by atoms with E-state index in [1.54, 1.807) is 19.1 Å². The van der Waals surface area contributed by atoms with Crippen molar-refractivity contribution >= 4 is 40.0 Å². The van der Waals surface area contributed by atoms with E-state index in [0.717, 1.165) is 10.2 Å². The first-order valence-corrected chi connectivity index (χ1v) is 7.68. The molecule has 2 aromatic rings. The second-order valence-corrected chi connectivity index (χ2v) is 5.63. The van der Waals surface area contributed by atoms with Gasteiger partial charge in [-0.25, -0.2) is 4.79 Å². The van der Waals surface area contributed by atoms with Gasteiger partial charge in [-0.3, -0.25) is 0 Å². The molecule has 0 radical (unpaired) electrons. The van der Waals surface area contributed by atoms with Crippen LogP contribution in [0, 0.1) is 0 Å². The van der Waals surface area contributed by atoms with Crippen LogP contribution in [0.3, 0.4) is 0 Å². The van der Waals surface area contributed by atoms with E-state index in [9.17, 15) is 4.79 Å². The van der Waals surface area contributed by atoms with Gasteiger partial charge >= 0.3 is 5.97 Å². The predicted octanol–water partition coefficient (Wildman–Crippen LogP) is 5.22. The third-order valence-electron chi connectivity index (χ3n) is 3.13. The van der Waals surface area contributed by atoms with Crippen molar-refractivity contribution in [2.24, 2.45) is 0 Å². The highest BCUT2D eigenvalue weighted by Crippen LogP contribution is 2.22. The first-order chi connectivity index (χ1) is 10.1. The minimum Gasteiger partial charge on any atom is -0.462 e. The van der Waals surface area contributed by atoms with Crippen molar-refractivity contribution in [3.63, 3.8) is 0 Å². The highest BCUT2D eigenvalue weighted by molar-refractivity contribution is 9.10. The monoisotopic (exact) mass is 383 g/mol. The summed E-state index contributed by atoms with van der Waals surface area (Å²) in [6.45, 7) is 4.29. The van der Waals surface area contributed by atoms with Crippen molar-refractivity contribution in [1.82, 2.24) is 0 Å². The molecular formula is C17H19BrClNO2. The minimum atomic E-state index is -0.288. The maximum absolute atomic E-state index is 11.6. The van der Waals surface area contributed by atoms with Crippen molar-refractivity contribution in [2.75, 3.05) is 11.9 Å². The fourth-order valence-corrected chi connectivity index (χ4v) is 2.44. The van der Waals surface area contributed by atoms with E-state index >= 15 is 0 Å². The number of ether oxygens (including phenoxy) is 1. The number of rotatable bonds is 5. The molecule has 0 saturated carbocycles. The van der Waals surface area contributed by atoms with Crippen LogP contribution in [0.15, 0.2) is 53.0 Å². The molecule has 0 bridgehead atoms. The van der Waals surface area contributed by atoms with Gasteiger partial charge in [-0.2, -0.15) is 0 Å². The Balaban J connectivity index is 0.00000242. The molecule has 0 fully saturated rings. The average molecular weight is 385 g/mol. The Morgan fingerprint density at radius 2 is 1.91 bits per heavy atom. The molecule has 0 aliphatic carbocycles. The maximum atomic E-state index is 11.6. The molecule has 0 aliphatic heterocycles. The summed E-state index contributed by atoms with van der Waals surface area (Å²) in [6.07, 6.45) is 0. The van der Waals surface area contributed by atoms with Gasteiger partial charge < -0.3 is 10.1 Å². The number of benzene rings is 2. The lowest BCUT2D eigenvalue weighted by Crippen LogP contribution is -2.08. The van der Waals surface area contributed by atoms with E-state index in [1.807, 2.05) is 24.3 Å². The Bertz CT molecular complexity index is 616. The summed E-state index contributed by atoms with van der Waals surface area (Å²) in [4.78, 5) is 11.6. The molecule has 1 atom stereocenters. The topological polar surface area (TPSA) is 38.3 Å². The molecular weight excluding hydrogens is 366 g/mol. The fourth-order valence-electron chi connectivity index (χ4n) is 2.03. The number of carbonyl (C=O) groups excluding carboxylic acids is 1. The Morgan fingerprint density at radius 3 is 2.50 bits per heavy atom. The lowest BCUT2D eigenvalue weighted by molar-refractivity contribution is 0.0526. The van der Waals surface area contributed by atoms with Crippen molar-refractivity contribution < 1.29 is 9.53 Å². The molecule has 0 heterocycles. The van der Waals surface area contributed by atoms with Gasteiger partial charge in [-0.05, 0) is 55.8 Å². The first-order valence-electron chi connectivity index (χ1n) is 6.89. The molecule has 0 aromatic heterocycles. The Hall–Kier alpha value is -1.52. The van der Waals surface area contributed by atoms with Gasteiger partial charge in [0.05, 0.1) is 12.2 Å². The number of anilines is 1. The number of nitrogens with one attached hydrogen (secondary N) is 1. The zero-order chi connectivity index (χ0) is 15.2. The zero-order valence-corrected chi connectivity index (χ0v) is 14.9.